The second kappa shape index (κ2) is 6.72. The topological polar surface area (TPSA) is 59.0 Å². The van der Waals surface area contributed by atoms with Gasteiger partial charge in [0.05, 0.1) is 19.3 Å². The fourth-order valence-electron chi connectivity index (χ4n) is 2.38. The van der Waals surface area contributed by atoms with Gasteiger partial charge < -0.3 is 14.6 Å². The lowest BCUT2D eigenvalue weighted by atomic mass is 10.0. The van der Waals surface area contributed by atoms with Gasteiger partial charge in [-0.15, -0.1) is 0 Å². The molecule has 20 heavy (non-hydrogen) atoms. The molecule has 110 valence electrons. The maximum Gasteiger partial charge on any atom is 0.325 e. The number of hydrogen-bond acceptors (Lipinski definition) is 4. The average molecular weight is 279 g/mol. The average Bonchev–Trinajstić information content (AvgIpc) is 2.39. The Morgan fingerprint density at radius 1 is 1.35 bits per heavy atom. The SMILES string of the molecule is CC(C)Oc1cccc(C(C(=O)O)N2CCOCC2)c1. The van der Waals surface area contributed by atoms with E-state index in [0.29, 0.717) is 32.1 Å². The zero-order chi connectivity index (χ0) is 14.5. The summed E-state index contributed by atoms with van der Waals surface area (Å²) < 4.78 is 10.9. The number of rotatable bonds is 5. The van der Waals surface area contributed by atoms with Crippen LogP contribution in [0.2, 0.25) is 0 Å². The fourth-order valence-corrected chi connectivity index (χ4v) is 2.38. The van der Waals surface area contributed by atoms with E-state index in [9.17, 15) is 9.90 Å². The maximum absolute atomic E-state index is 11.6. The Hall–Kier alpha value is -1.59. The monoisotopic (exact) mass is 279 g/mol. The van der Waals surface area contributed by atoms with Crippen LogP contribution >= 0.6 is 0 Å². The summed E-state index contributed by atoms with van der Waals surface area (Å²) >= 11 is 0. The molecule has 0 aliphatic carbocycles. The smallest absolute Gasteiger partial charge is 0.325 e. The molecule has 1 fully saturated rings. The van der Waals surface area contributed by atoms with Gasteiger partial charge in [0, 0.05) is 13.1 Å². The van der Waals surface area contributed by atoms with Crippen LogP contribution in [0, 0.1) is 0 Å². The van der Waals surface area contributed by atoms with E-state index in [1.807, 2.05) is 43.0 Å². The van der Waals surface area contributed by atoms with Crippen molar-refractivity contribution < 1.29 is 19.4 Å². The van der Waals surface area contributed by atoms with Gasteiger partial charge in [-0.3, -0.25) is 9.69 Å². The van der Waals surface area contributed by atoms with Gasteiger partial charge in [-0.25, -0.2) is 0 Å². The molecule has 0 radical (unpaired) electrons. The number of carbonyl (C=O) groups is 1. The Morgan fingerprint density at radius 2 is 2.05 bits per heavy atom. The van der Waals surface area contributed by atoms with E-state index in [-0.39, 0.29) is 6.10 Å². The summed E-state index contributed by atoms with van der Waals surface area (Å²) in [6.07, 6.45) is 0.0666. The summed E-state index contributed by atoms with van der Waals surface area (Å²) in [5.41, 5.74) is 0.748. The maximum atomic E-state index is 11.6. The highest BCUT2D eigenvalue weighted by atomic mass is 16.5. The van der Waals surface area contributed by atoms with E-state index in [1.165, 1.54) is 0 Å². The molecule has 1 saturated heterocycles. The number of hydrogen-bond donors (Lipinski definition) is 1. The van der Waals surface area contributed by atoms with Gasteiger partial charge in [0.25, 0.3) is 0 Å². The van der Waals surface area contributed by atoms with Crippen molar-refractivity contribution in [1.29, 1.82) is 0 Å². The molecule has 1 atom stereocenters. The van der Waals surface area contributed by atoms with E-state index in [0.717, 1.165) is 5.56 Å². The molecule has 0 spiro atoms. The third kappa shape index (κ3) is 3.71. The van der Waals surface area contributed by atoms with Gasteiger partial charge in [0.1, 0.15) is 11.8 Å². The second-order valence-electron chi connectivity index (χ2n) is 5.13. The Balaban J connectivity index is 2.22. The Kier molecular flexibility index (Phi) is 4.98. The predicted octanol–water partition coefficient (Wildman–Crippen LogP) is 1.93. The first-order chi connectivity index (χ1) is 9.58. The van der Waals surface area contributed by atoms with Crippen LogP contribution in [0.3, 0.4) is 0 Å². The molecule has 1 aliphatic heterocycles. The molecule has 0 aromatic heterocycles. The highest BCUT2D eigenvalue weighted by molar-refractivity contribution is 5.75. The molecule has 5 nitrogen and oxygen atoms in total. The number of carboxylic acids is 1. The van der Waals surface area contributed by atoms with Crippen molar-refractivity contribution in [1.82, 2.24) is 4.90 Å². The van der Waals surface area contributed by atoms with E-state index in [1.54, 1.807) is 0 Å². The van der Waals surface area contributed by atoms with Crippen molar-refractivity contribution in [2.75, 3.05) is 26.3 Å². The molecule has 0 saturated carbocycles. The second-order valence-corrected chi connectivity index (χ2v) is 5.13. The summed E-state index contributed by atoms with van der Waals surface area (Å²) in [4.78, 5) is 13.5. The third-order valence-electron chi connectivity index (χ3n) is 3.19. The molecule has 0 bridgehead atoms. The van der Waals surface area contributed by atoms with Gasteiger partial charge >= 0.3 is 5.97 Å². The number of aliphatic carboxylic acids is 1. The summed E-state index contributed by atoms with van der Waals surface area (Å²) in [5, 5.41) is 9.53. The van der Waals surface area contributed by atoms with Crippen LogP contribution in [0.1, 0.15) is 25.5 Å². The molecule has 1 unspecified atom stereocenters. The normalized spacial score (nSPS) is 17.9. The number of nitrogens with zero attached hydrogens (tertiary/aromatic N) is 1. The quantitative estimate of drug-likeness (QED) is 0.892. The summed E-state index contributed by atoms with van der Waals surface area (Å²) in [7, 11) is 0. The van der Waals surface area contributed by atoms with Crippen LogP contribution in [0.25, 0.3) is 0 Å². The Morgan fingerprint density at radius 3 is 2.65 bits per heavy atom. The predicted molar refractivity (Wildman–Crippen MR) is 75.0 cm³/mol. The van der Waals surface area contributed by atoms with Crippen molar-refractivity contribution in [3.8, 4) is 5.75 Å². The lowest BCUT2D eigenvalue weighted by Crippen LogP contribution is -2.42. The zero-order valence-corrected chi connectivity index (χ0v) is 11.9. The molecule has 1 aliphatic rings. The Labute approximate surface area is 119 Å². The number of benzene rings is 1. The molecule has 2 rings (SSSR count). The molecular weight excluding hydrogens is 258 g/mol. The van der Waals surface area contributed by atoms with Crippen molar-refractivity contribution >= 4 is 5.97 Å². The van der Waals surface area contributed by atoms with Crippen LogP contribution in [0.4, 0.5) is 0 Å². The lowest BCUT2D eigenvalue weighted by molar-refractivity contribution is -0.145. The molecule has 0 amide bonds. The minimum atomic E-state index is -0.839. The molecule has 5 heteroatoms. The Bertz CT molecular complexity index is 455. The van der Waals surface area contributed by atoms with E-state index in [2.05, 4.69) is 0 Å². The van der Waals surface area contributed by atoms with Gasteiger partial charge in [0.2, 0.25) is 0 Å². The van der Waals surface area contributed by atoms with Crippen LogP contribution in [-0.4, -0.2) is 48.4 Å². The summed E-state index contributed by atoms with van der Waals surface area (Å²) in [6.45, 7) is 6.31. The third-order valence-corrected chi connectivity index (χ3v) is 3.19. The first kappa shape index (κ1) is 14.8. The number of carboxylic acid groups (broad SMARTS) is 1. The van der Waals surface area contributed by atoms with Crippen LogP contribution < -0.4 is 4.74 Å². The molecule has 1 aromatic rings. The van der Waals surface area contributed by atoms with Crippen molar-refractivity contribution in [3.05, 3.63) is 29.8 Å². The molecule has 1 N–H and O–H groups in total. The van der Waals surface area contributed by atoms with Crippen molar-refractivity contribution in [2.24, 2.45) is 0 Å². The van der Waals surface area contributed by atoms with E-state index in [4.69, 9.17) is 9.47 Å². The van der Waals surface area contributed by atoms with Crippen molar-refractivity contribution in [2.45, 2.75) is 26.0 Å². The van der Waals surface area contributed by atoms with E-state index >= 15 is 0 Å². The summed E-state index contributed by atoms with van der Waals surface area (Å²) in [6, 6.07) is 6.69. The van der Waals surface area contributed by atoms with Gasteiger partial charge in [-0.1, -0.05) is 12.1 Å². The van der Waals surface area contributed by atoms with Gasteiger partial charge in [-0.05, 0) is 31.5 Å². The summed E-state index contributed by atoms with van der Waals surface area (Å²) in [5.74, 6) is -0.134. The zero-order valence-electron chi connectivity index (χ0n) is 11.9. The molecular formula is C15H21NO4. The first-order valence-corrected chi connectivity index (χ1v) is 6.89. The highest BCUT2D eigenvalue weighted by Gasteiger charge is 2.29. The molecule has 1 heterocycles. The van der Waals surface area contributed by atoms with Crippen LogP contribution in [0.5, 0.6) is 5.75 Å². The minimum Gasteiger partial charge on any atom is -0.491 e. The lowest BCUT2D eigenvalue weighted by Gasteiger charge is -2.32. The van der Waals surface area contributed by atoms with E-state index < -0.39 is 12.0 Å². The fraction of sp³-hybridized carbons (Fsp3) is 0.533. The number of morpholine rings is 1. The minimum absolute atomic E-state index is 0.0666. The largest absolute Gasteiger partial charge is 0.491 e. The number of ether oxygens (including phenoxy) is 2. The standard InChI is InChI=1S/C15H21NO4/c1-11(2)20-13-5-3-4-12(10-13)14(15(17)18)16-6-8-19-9-7-16/h3-5,10-11,14H,6-9H2,1-2H3,(H,17,18). The van der Waals surface area contributed by atoms with Gasteiger partial charge in [-0.2, -0.15) is 0 Å². The van der Waals surface area contributed by atoms with Crippen molar-refractivity contribution in [3.63, 3.8) is 0 Å². The first-order valence-electron chi connectivity index (χ1n) is 6.89. The van der Waals surface area contributed by atoms with Crippen LogP contribution in [0.15, 0.2) is 24.3 Å². The van der Waals surface area contributed by atoms with Crippen LogP contribution in [-0.2, 0) is 9.53 Å². The highest BCUT2D eigenvalue weighted by Crippen LogP contribution is 2.26. The van der Waals surface area contributed by atoms with Gasteiger partial charge in [0.15, 0.2) is 0 Å². The molecule has 1 aromatic carbocycles.